The van der Waals surface area contributed by atoms with Crippen molar-refractivity contribution in [2.24, 2.45) is 0 Å². The first-order valence-electron chi connectivity index (χ1n) is 7.18. The van der Waals surface area contributed by atoms with Crippen LogP contribution in [-0.4, -0.2) is 47.8 Å². The van der Waals surface area contributed by atoms with Gasteiger partial charge >= 0.3 is 0 Å². The molecule has 0 aliphatic heterocycles. The lowest BCUT2D eigenvalue weighted by Gasteiger charge is -2.13. The van der Waals surface area contributed by atoms with Crippen LogP contribution in [-0.2, 0) is 14.8 Å². The van der Waals surface area contributed by atoms with Crippen molar-refractivity contribution in [3.63, 3.8) is 0 Å². The van der Waals surface area contributed by atoms with E-state index in [0.717, 1.165) is 25.9 Å². The van der Waals surface area contributed by atoms with Crippen molar-refractivity contribution in [1.29, 1.82) is 0 Å². The number of sulfonamides is 1. The van der Waals surface area contributed by atoms with Crippen LogP contribution in [0.4, 0.5) is 5.69 Å². The Hall–Kier alpha value is -1.15. The minimum atomic E-state index is -3.43. The molecule has 1 aromatic carbocycles. The maximum atomic E-state index is 12.3. The number of hydrogen-bond donors (Lipinski definition) is 3. The highest BCUT2D eigenvalue weighted by molar-refractivity contribution is 7.89. The van der Waals surface area contributed by atoms with Gasteiger partial charge in [0.25, 0.3) is 0 Å². The number of methoxy groups -OCH3 is 1. The molecule has 0 atom stereocenters. The molecular weight excluding hydrogens is 290 g/mol. The monoisotopic (exact) mass is 313 g/mol. The molecule has 7 heteroatoms. The molecule has 3 N–H and O–H groups in total. The lowest BCUT2D eigenvalue weighted by Crippen LogP contribution is -2.28. The molecule has 2 rings (SSSR count). The molecule has 0 aromatic heterocycles. The fourth-order valence-electron chi connectivity index (χ4n) is 1.92. The summed E-state index contributed by atoms with van der Waals surface area (Å²) in [5.41, 5.74) is 0.638. The first-order valence-corrected chi connectivity index (χ1v) is 8.66. The Bertz CT molecular complexity index is 544. The van der Waals surface area contributed by atoms with Crippen LogP contribution < -0.4 is 15.4 Å². The van der Waals surface area contributed by atoms with Crippen LogP contribution in [0.3, 0.4) is 0 Å². The van der Waals surface area contributed by atoms with Crippen LogP contribution in [0, 0.1) is 0 Å². The highest BCUT2D eigenvalue weighted by Gasteiger charge is 2.29. The summed E-state index contributed by atoms with van der Waals surface area (Å²) in [5, 5.41) is 6.37. The average Bonchev–Trinajstić information content (AvgIpc) is 3.26. The Morgan fingerprint density at radius 2 is 1.95 bits per heavy atom. The van der Waals surface area contributed by atoms with Gasteiger partial charge in [0.15, 0.2) is 0 Å². The third kappa shape index (κ3) is 5.28. The summed E-state index contributed by atoms with van der Waals surface area (Å²) in [7, 11) is -1.77. The van der Waals surface area contributed by atoms with Crippen LogP contribution in [0.2, 0.25) is 0 Å². The normalized spacial score (nSPS) is 15.1. The molecule has 21 heavy (non-hydrogen) atoms. The van der Waals surface area contributed by atoms with Crippen LogP contribution >= 0.6 is 0 Å². The second-order valence-corrected chi connectivity index (χ2v) is 6.74. The largest absolute Gasteiger partial charge is 0.383 e. The number of rotatable bonds is 10. The van der Waals surface area contributed by atoms with Crippen molar-refractivity contribution in [3.05, 3.63) is 24.3 Å². The Morgan fingerprint density at radius 1 is 1.19 bits per heavy atom. The number of nitrogens with one attached hydrogen (secondary N) is 3. The van der Waals surface area contributed by atoms with Crippen LogP contribution in [0.1, 0.15) is 12.8 Å². The molecule has 1 saturated carbocycles. The molecule has 0 unspecified atom stereocenters. The van der Waals surface area contributed by atoms with Gasteiger partial charge in [0.2, 0.25) is 10.0 Å². The molecule has 1 aliphatic carbocycles. The Kier molecular flexibility index (Phi) is 5.98. The van der Waals surface area contributed by atoms with Gasteiger partial charge in [-0.25, -0.2) is 13.1 Å². The zero-order valence-corrected chi connectivity index (χ0v) is 13.1. The second-order valence-electron chi connectivity index (χ2n) is 5.06. The fraction of sp³-hybridized carbons (Fsp3) is 0.571. The van der Waals surface area contributed by atoms with Crippen molar-refractivity contribution in [3.8, 4) is 0 Å². The van der Waals surface area contributed by atoms with E-state index in [9.17, 15) is 8.42 Å². The summed E-state index contributed by atoms with van der Waals surface area (Å²) >= 11 is 0. The summed E-state index contributed by atoms with van der Waals surface area (Å²) < 4.78 is 32.2. The molecule has 1 aromatic rings. The van der Waals surface area contributed by atoms with Gasteiger partial charge in [0, 0.05) is 32.8 Å². The minimum Gasteiger partial charge on any atom is -0.383 e. The molecule has 0 heterocycles. The van der Waals surface area contributed by atoms with Gasteiger partial charge < -0.3 is 15.4 Å². The topological polar surface area (TPSA) is 79.5 Å². The third-order valence-corrected chi connectivity index (χ3v) is 4.75. The van der Waals surface area contributed by atoms with Crippen LogP contribution in [0.15, 0.2) is 29.2 Å². The molecule has 1 fully saturated rings. The molecule has 1 aliphatic rings. The molecule has 0 bridgehead atoms. The molecule has 0 radical (unpaired) electrons. The van der Waals surface area contributed by atoms with Crippen molar-refractivity contribution >= 4 is 15.7 Å². The quantitative estimate of drug-likeness (QED) is 0.556. The maximum absolute atomic E-state index is 12.3. The summed E-state index contributed by atoms with van der Waals surface area (Å²) in [5.74, 6) is 0. The highest BCUT2D eigenvalue weighted by atomic mass is 32.2. The van der Waals surface area contributed by atoms with E-state index in [1.807, 2.05) is 6.07 Å². The number of anilines is 1. The first-order chi connectivity index (χ1) is 10.1. The van der Waals surface area contributed by atoms with Crippen molar-refractivity contribution in [1.82, 2.24) is 10.0 Å². The molecule has 6 nitrogen and oxygen atoms in total. The number of ether oxygens (including phenoxy) is 1. The van der Waals surface area contributed by atoms with E-state index in [-0.39, 0.29) is 6.04 Å². The van der Waals surface area contributed by atoms with E-state index in [1.165, 1.54) is 0 Å². The Labute approximate surface area is 126 Å². The van der Waals surface area contributed by atoms with E-state index in [0.29, 0.717) is 23.7 Å². The van der Waals surface area contributed by atoms with Crippen LogP contribution in [0.5, 0.6) is 0 Å². The Balaban J connectivity index is 1.90. The fourth-order valence-corrected chi connectivity index (χ4v) is 3.40. The zero-order valence-electron chi connectivity index (χ0n) is 12.3. The summed E-state index contributed by atoms with van der Waals surface area (Å²) in [6, 6.07) is 7.10. The van der Waals surface area contributed by atoms with E-state index < -0.39 is 10.0 Å². The highest BCUT2D eigenvalue weighted by Crippen LogP contribution is 2.25. The predicted octanol–water partition coefficient (Wildman–Crippen LogP) is 0.775. The second kappa shape index (κ2) is 7.74. The summed E-state index contributed by atoms with van der Waals surface area (Å²) in [4.78, 5) is 0.314. The van der Waals surface area contributed by atoms with Crippen molar-refractivity contribution < 1.29 is 13.2 Å². The van der Waals surface area contributed by atoms with Gasteiger partial charge in [0.05, 0.1) is 12.3 Å². The molecular formula is C14H23N3O3S. The molecule has 118 valence electrons. The minimum absolute atomic E-state index is 0.110. The molecule has 0 amide bonds. The average molecular weight is 313 g/mol. The number of benzene rings is 1. The zero-order chi connectivity index (χ0) is 15.1. The van der Waals surface area contributed by atoms with Gasteiger partial charge in [-0.3, -0.25) is 0 Å². The van der Waals surface area contributed by atoms with Gasteiger partial charge in [-0.15, -0.1) is 0 Å². The van der Waals surface area contributed by atoms with E-state index >= 15 is 0 Å². The van der Waals surface area contributed by atoms with Gasteiger partial charge in [-0.2, -0.15) is 0 Å². The predicted molar refractivity (Wildman–Crippen MR) is 83.0 cm³/mol. The number of hydrogen-bond acceptors (Lipinski definition) is 5. The van der Waals surface area contributed by atoms with E-state index in [4.69, 9.17) is 4.74 Å². The molecule has 0 saturated heterocycles. The Morgan fingerprint density at radius 3 is 2.67 bits per heavy atom. The third-order valence-electron chi connectivity index (χ3n) is 3.18. The van der Waals surface area contributed by atoms with Crippen LogP contribution in [0.25, 0.3) is 0 Å². The van der Waals surface area contributed by atoms with Crippen molar-refractivity contribution in [2.45, 2.75) is 23.8 Å². The SMILES string of the molecule is COCCNCCNc1ccccc1S(=O)(=O)NC1CC1. The van der Waals surface area contributed by atoms with E-state index in [2.05, 4.69) is 15.4 Å². The van der Waals surface area contributed by atoms with E-state index in [1.54, 1.807) is 25.3 Å². The van der Waals surface area contributed by atoms with Gasteiger partial charge in [-0.05, 0) is 25.0 Å². The summed E-state index contributed by atoms with van der Waals surface area (Å²) in [6.45, 7) is 2.84. The first kappa shape index (κ1) is 16.2. The lowest BCUT2D eigenvalue weighted by molar-refractivity contribution is 0.200. The van der Waals surface area contributed by atoms with Gasteiger partial charge in [-0.1, -0.05) is 12.1 Å². The lowest BCUT2D eigenvalue weighted by atomic mass is 10.3. The maximum Gasteiger partial charge on any atom is 0.242 e. The smallest absolute Gasteiger partial charge is 0.242 e. The number of para-hydroxylation sites is 1. The standard InChI is InChI=1S/C14H23N3O3S/c1-20-11-10-15-8-9-16-13-4-2-3-5-14(13)21(18,19)17-12-6-7-12/h2-5,12,15-17H,6-11H2,1H3. The van der Waals surface area contributed by atoms with Crippen molar-refractivity contribution in [2.75, 3.05) is 38.7 Å². The van der Waals surface area contributed by atoms with Gasteiger partial charge in [0.1, 0.15) is 4.90 Å². The molecule has 0 spiro atoms. The summed E-state index contributed by atoms with van der Waals surface area (Å²) in [6.07, 6.45) is 1.86.